The summed E-state index contributed by atoms with van der Waals surface area (Å²) in [5.74, 6) is -0.409. The molecule has 0 spiro atoms. The van der Waals surface area contributed by atoms with Gasteiger partial charge in [0.05, 0.1) is 17.3 Å². The number of hydrogen-bond donors (Lipinski definition) is 2. The number of carboxylic acids is 1. The highest BCUT2D eigenvalue weighted by Crippen LogP contribution is 2.38. The number of aromatic nitrogens is 2. The Bertz CT molecular complexity index is 769. The van der Waals surface area contributed by atoms with Gasteiger partial charge < -0.3 is 10.4 Å². The molecule has 0 saturated carbocycles. The Balaban J connectivity index is 2.04. The largest absolute Gasteiger partial charge is 0.478 e. The highest BCUT2D eigenvalue weighted by molar-refractivity contribution is 5.94. The third kappa shape index (κ3) is 2.72. The number of fused-ring (bicyclic) bond motifs is 1. The van der Waals surface area contributed by atoms with Crippen molar-refractivity contribution in [2.24, 2.45) is 0 Å². The molecular formula is C17H19N3O3. The molecule has 1 amide bonds. The number of hydrogen-bond acceptors (Lipinski definition) is 3. The summed E-state index contributed by atoms with van der Waals surface area (Å²) in [6.45, 7) is 6.08. The van der Waals surface area contributed by atoms with Gasteiger partial charge in [-0.15, -0.1) is 0 Å². The van der Waals surface area contributed by atoms with Crippen molar-refractivity contribution in [3.8, 4) is 0 Å². The Morgan fingerprint density at radius 2 is 1.96 bits per heavy atom. The molecule has 120 valence electrons. The summed E-state index contributed by atoms with van der Waals surface area (Å²) in [6.07, 6.45) is 2.12. The van der Waals surface area contributed by atoms with Crippen LogP contribution < -0.4 is 5.32 Å². The smallest absolute Gasteiger partial charge is 0.335 e. The first kappa shape index (κ1) is 15.3. The quantitative estimate of drug-likeness (QED) is 0.893. The Labute approximate surface area is 134 Å². The SMILES string of the molecule is CC(C)(C)n1ncc2c1NC(=O)CC2c1ccc(C(=O)O)cc1. The van der Waals surface area contributed by atoms with E-state index in [1.807, 2.05) is 25.5 Å². The first-order valence-electron chi connectivity index (χ1n) is 7.49. The lowest BCUT2D eigenvalue weighted by molar-refractivity contribution is -0.116. The van der Waals surface area contributed by atoms with Crippen molar-refractivity contribution in [1.82, 2.24) is 9.78 Å². The molecular weight excluding hydrogens is 294 g/mol. The van der Waals surface area contributed by atoms with Crippen molar-refractivity contribution in [2.75, 3.05) is 5.32 Å². The standard InChI is InChI=1S/C17H19N3O3/c1-17(2,3)20-15-13(9-18-20)12(8-14(21)19-15)10-4-6-11(7-5-10)16(22)23/h4-7,9,12H,8H2,1-3H3,(H,19,21)(H,22,23). The van der Waals surface area contributed by atoms with E-state index in [4.69, 9.17) is 5.11 Å². The lowest BCUT2D eigenvalue weighted by atomic mass is 9.87. The average molecular weight is 313 g/mol. The van der Waals surface area contributed by atoms with E-state index in [0.29, 0.717) is 6.42 Å². The van der Waals surface area contributed by atoms with Gasteiger partial charge in [0, 0.05) is 17.9 Å². The number of amides is 1. The molecule has 1 unspecified atom stereocenters. The summed E-state index contributed by atoms with van der Waals surface area (Å²) in [6, 6.07) is 6.67. The summed E-state index contributed by atoms with van der Waals surface area (Å²) in [5.41, 5.74) is 1.87. The van der Waals surface area contributed by atoms with Gasteiger partial charge in [-0.2, -0.15) is 5.10 Å². The van der Waals surface area contributed by atoms with E-state index in [1.54, 1.807) is 30.5 Å². The number of carbonyl (C=O) groups excluding carboxylic acids is 1. The number of nitrogens with zero attached hydrogens (tertiary/aromatic N) is 2. The van der Waals surface area contributed by atoms with Gasteiger partial charge in [0.15, 0.2) is 0 Å². The minimum atomic E-state index is -0.959. The molecule has 3 rings (SSSR count). The molecule has 0 saturated heterocycles. The Kier molecular flexibility index (Phi) is 3.47. The normalized spacial score (nSPS) is 17.5. The number of nitrogens with one attached hydrogen (secondary N) is 1. The van der Waals surface area contributed by atoms with Gasteiger partial charge in [-0.05, 0) is 38.5 Å². The van der Waals surface area contributed by atoms with Gasteiger partial charge in [0.2, 0.25) is 5.91 Å². The zero-order valence-corrected chi connectivity index (χ0v) is 13.3. The van der Waals surface area contributed by atoms with Crippen LogP contribution in [0.25, 0.3) is 0 Å². The van der Waals surface area contributed by atoms with Crippen molar-refractivity contribution >= 4 is 17.7 Å². The molecule has 1 aromatic heterocycles. The van der Waals surface area contributed by atoms with Crippen LogP contribution >= 0.6 is 0 Å². The van der Waals surface area contributed by atoms with Gasteiger partial charge >= 0.3 is 5.97 Å². The summed E-state index contributed by atoms with van der Waals surface area (Å²) in [5, 5.41) is 16.3. The monoisotopic (exact) mass is 313 g/mol. The molecule has 0 fully saturated rings. The van der Waals surface area contributed by atoms with Crippen LogP contribution in [0.5, 0.6) is 0 Å². The number of carboxylic acid groups (broad SMARTS) is 1. The van der Waals surface area contributed by atoms with Crippen LogP contribution in [0.15, 0.2) is 30.5 Å². The first-order valence-corrected chi connectivity index (χ1v) is 7.49. The number of benzene rings is 1. The second-order valence-electron chi connectivity index (χ2n) is 6.76. The summed E-state index contributed by atoms with van der Waals surface area (Å²) >= 11 is 0. The Hall–Kier alpha value is -2.63. The number of anilines is 1. The Morgan fingerprint density at radius 3 is 2.52 bits per heavy atom. The second kappa shape index (κ2) is 5.22. The average Bonchev–Trinajstić information content (AvgIpc) is 2.90. The molecule has 0 bridgehead atoms. The molecule has 6 nitrogen and oxygen atoms in total. The molecule has 2 heterocycles. The van der Waals surface area contributed by atoms with E-state index in [0.717, 1.165) is 16.9 Å². The van der Waals surface area contributed by atoms with Crippen LogP contribution in [0.1, 0.15) is 54.6 Å². The molecule has 2 N–H and O–H groups in total. The van der Waals surface area contributed by atoms with E-state index >= 15 is 0 Å². The van der Waals surface area contributed by atoms with E-state index in [2.05, 4.69) is 10.4 Å². The zero-order valence-electron chi connectivity index (χ0n) is 13.3. The predicted molar refractivity (Wildman–Crippen MR) is 85.7 cm³/mol. The predicted octanol–water partition coefficient (Wildman–Crippen LogP) is 2.81. The fraction of sp³-hybridized carbons (Fsp3) is 0.353. The fourth-order valence-electron chi connectivity index (χ4n) is 2.88. The van der Waals surface area contributed by atoms with E-state index < -0.39 is 5.97 Å². The third-order valence-electron chi connectivity index (χ3n) is 4.02. The van der Waals surface area contributed by atoms with Crippen molar-refractivity contribution in [3.63, 3.8) is 0 Å². The maximum atomic E-state index is 12.1. The van der Waals surface area contributed by atoms with Gasteiger partial charge in [-0.25, -0.2) is 9.48 Å². The topological polar surface area (TPSA) is 84.2 Å². The van der Waals surface area contributed by atoms with Crippen LogP contribution in [0, 0.1) is 0 Å². The van der Waals surface area contributed by atoms with Gasteiger partial charge in [0.1, 0.15) is 5.82 Å². The fourth-order valence-corrected chi connectivity index (χ4v) is 2.88. The number of aromatic carboxylic acids is 1. The first-order chi connectivity index (χ1) is 10.8. The van der Waals surface area contributed by atoms with Crippen molar-refractivity contribution in [3.05, 3.63) is 47.2 Å². The highest BCUT2D eigenvalue weighted by Gasteiger charge is 2.32. The summed E-state index contributed by atoms with van der Waals surface area (Å²) in [4.78, 5) is 23.1. The molecule has 23 heavy (non-hydrogen) atoms. The van der Waals surface area contributed by atoms with Gasteiger partial charge in [0.25, 0.3) is 0 Å². The molecule has 1 aliphatic heterocycles. The van der Waals surface area contributed by atoms with Crippen LogP contribution in [-0.4, -0.2) is 26.8 Å². The number of rotatable bonds is 2. The molecule has 0 aliphatic carbocycles. The van der Waals surface area contributed by atoms with Crippen LogP contribution in [-0.2, 0) is 10.3 Å². The van der Waals surface area contributed by atoms with E-state index in [9.17, 15) is 9.59 Å². The molecule has 2 aromatic rings. The molecule has 1 aliphatic rings. The van der Waals surface area contributed by atoms with Crippen LogP contribution in [0.4, 0.5) is 5.82 Å². The lowest BCUT2D eigenvalue weighted by Gasteiger charge is -2.28. The zero-order chi connectivity index (χ0) is 16.8. The maximum Gasteiger partial charge on any atom is 0.335 e. The maximum absolute atomic E-state index is 12.1. The van der Waals surface area contributed by atoms with Crippen LogP contribution in [0.2, 0.25) is 0 Å². The summed E-state index contributed by atoms with van der Waals surface area (Å²) < 4.78 is 1.82. The van der Waals surface area contributed by atoms with Gasteiger partial charge in [-0.1, -0.05) is 12.1 Å². The molecule has 0 radical (unpaired) electrons. The van der Waals surface area contributed by atoms with Crippen molar-refractivity contribution in [2.45, 2.75) is 38.6 Å². The van der Waals surface area contributed by atoms with E-state index in [1.165, 1.54) is 0 Å². The van der Waals surface area contributed by atoms with Crippen molar-refractivity contribution in [1.29, 1.82) is 0 Å². The molecule has 1 aromatic carbocycles. The molecule has 1 atom stereocenters. The minimum Gasteiger partial charge on any atom is -0.478 e. The van der Waals surface area contributed by atoms with Crippen molar-refractivity contribution < 1.29 is 14.7 Å². The third-order valence-corrected chi connectivity index (χ3v) is 4.02. The Morgan fingerprint density at radius 1 is 1.30 bits per heavy atom. The molecule has 6 heteroatoms. The van der Waals surface area contributed by atoms with E-state index in [-0.39, 0.29) is 22.9 Å². The summed E-state index contributed by atoms with van der Waals surface area (Å²) in [7, 11) is 0. The lowest BCUT2D eigenvalue weighted by Crippen LogP contribution is -2.30. The van der Waals surface area contributed by atoms with Crippen LogP contribution in [0.3, 0.4) is 0 Å². The van der Waals surface area contributed by atoms with Gasteiger partial charge in [-0.3, -0.25) is 4.79 Å². The number of carbonyl (C=O) groups is 2. The highest BCUT2D eigenvalue weighted by atomic mass is 16.4. The minimum absolute atomic E-state index is 0.0594. The second-order valence-corrected chi connectivity index (χ2v) is 6.76.